The normalized spacial score (nSPS) is 11.4. The third-order valence-corrected chi connectivity index (χ3v) is 5.91. The van der Waals surface area contributed by atoms with Gasteiger partial charge in [0.2, 0.25) is 0 Å². The molecule has 0 bridgehead atoms. The first kappa shape index (κ1) is 20.1. The van der Waals surface area contributed by atoms with Gasteiger partial charge < -0.3 is 5.11 Å². The molecule has 0 spiro atoms. The quantitative estimate of drug-likeness (QED) is 0.584. The number of nitro groups is 2. The predicted octanol–water partition coefficient (Wildman–Crippen LogP) is 3.12. The maximum absolute atomic E-state index is 13.2. The van der Waals surface area contributed by atoms with Gasteiger partial charge in [0.25, 0.3) is 21.4 Å². The number of aromatic hydroxyl groups is 1. The van der Waals surface area contributed by atoms with Crippen molar-refractivity contribution < 1.29 is 23.4 Å². The van der Waals surface area contributed by atoms with E-state index in [4.69, 9.17) is 0 Å². The molecule has 0 aromatic heterocycles. The second-order valence-corrected chi connectivity index (χ2v) is 7.81. The summed E-state index contributed by atoms with van der Waals surface area (Å²) in [5, 5.41) is 32.0. The van der Waals surface area contributed by atoms with E-state index in [1.54, 1.807) is 0 Å². The van der Waals surface area contributed by atoms with Gasteiger partial charge in [-0.25, -0.2) is 8.42 Å². The lowest BCUT2D eigenvalue weighted by Crippen LogP contribution is -2.37. The first-order valence-corrected chi connectivity index (χ1v) is 9.17. The third kappa shape index (κ3) is 3.82. The van der Waals surface area contributed by atoms with Gasteiger partial charge in [-0.3, -0.25) is 24.5 Å². The third-order valence-electron chi connectivity index (χ3n) is 3.78. The van der Waals surface area contributed by atoms with Crippen molar-refractivity contribution >= 4 is 27.1 Å². The molecular formula is C16H17N3O7S. The van der Waals surface area contributed by atoms with E-state index >= 15 is 0 Å². The van der Waals surface area contributed by atoms with Crippen LogP contribution in [0.5, 0.6) is 5.75 Å². The van der Waals surface area contributed by atoms with Crippen molar-refractivity contribution in [3.8, 4) is 5.75 Å². The molecule has 144 valence electrons. The van der Waals surface area contributed by atoms with Gasteiger partial charge >= 0.3 is 0 Å². The van der Waals surface area contributed by atoms with E-state index in [9.17, 15) is 33.8 Å². The predicted molar refractivity (Wildman–Crippen MR) is 97.4 cm³/mol. The maximum Gasteiger partial charge on any atom is 0.300 e. The van der Waals surface area contributed by atoms with E-state index in [1.807, 2.05) is 0 Å². The summed E-state index contributed by atoms with van der Waals surface area (Å²) in [7, 11) is -4.30. The molecule has 27 heavy (non-hydrogen) atoms. The molecule has 0 radical (unpaired) electrons. The summed E-state index contributed by atoms with van der Waals surface area (Å²) in [6.45, 7) is 4.55. The Morgan fingerprint density at radius 1 is 1.04 bits per heavy atom. The average molecular weight is 395 g/mol. The molecule has 0 aliphatic rings. The summed E-state index contributed by atoms with van der Waals surface area (Å²) < 4.78 is 27.2. The molecule has 1 N–H and O–H groups in total. The Labute approximate surface area is 155 Å². The fourth-order valence-corrected chi connectivity index (χ4v) is 4.54. The topological polar surface area (TPSA) is 144 Å². The maximum atomic E-state index is 13.2. The highest BCUT2D eigenvalue weighted by atomic mass is 32.2. The summed E-state index contributed by atoms with van der Waals surface area (Å²) in [6, 6.07) is 5.80. The molecule has 0 saturated heterocycles. The van der Waals surface area contributed by atoms with Crippen LogP contribution < -0.4 is 4.31 Å². The van der Waals surface area contributed by atoms with Crippen molar-refractivity contribution in [3.63, 3.8) is 0 Å². The van der Waals surface area contributed by atoms with Crippen LogP contribution >= 0.6 is 0 Å². The zero-order valence-corrected chi connectivity index (χ0v) is 15.5. The lowest BCUT2D eigenvalue weighted by atomic mass is 10.2. The first-order chi connectivity index (χ1) is 12.5. The van der Waals surface area contributed by atoms with Crippen LogP contribution in [0.1, 0.15) is 19.4 Å². The molecule has 0 amide bonds. The minimum absolute atomic E-state index is 0.219. The Bertz CT molecular complexity index is 1020. The van der Waals surface area contributed by atoms with Crippen LogP contribution in [0.2, 0.25) is 0 Å². The van der Waals surface area contributed by atoms with Crippen molar-refractivity contribution in [2.75, 3.05) is 4.31 Å². The highest BCUT2D eigenvalue weighted by Crippen LogP contribution is 2.37. The monoisotopic (exact) mass is 395 g/mol. The molecule has 0 saturated carbocycles. The van der Waals surface area contributed by atoms with Crippen LogP contribution in [-0.2, 0) is 10.0 Å². The molecule has 0 unspecified atom stereocenters. The fraction of sp³-hybridized carbons (Fsp3) is 0.250. The number of anilines is 1. The second-order valence-electron chi connectivity index (χ2n) is 6.03. The van der Waals surface area contributed by atoms with Crippen molar-refractivity contribution in [2.24, 2.45) is 0 Å². The van der Waals surface area contributed by atoms with E-state index in [0.29, 0.717) is 5.56 Å². The Kier molecular flexibility index (Phi) is 5.36. The van der Waals surface area contributed by atoms with Crippen molar-refractivity contribution in [1.82, 2.24) is 0 Å². The van der Waals surface area contributed by atoms with Crippen molar-refractivity contribution in [2.45, 2.75) is 31.7 Å². The van der Waals surface area contributed by atoms with Crippen LogP contribution in [0.15, 0.2) is 41.3 Å². The van der Waals surface area contributed by atoms with Gasteiger partial charge in [0, 0.05) is 18.2 Å². The molecule has 2 rings (SSSR count). The van der Waals surface area contributed by atoms with Crippen molar-refractivity contribution in [3.05, 3.63) is 62.2 Å². The number of hydrogen-bond acceptors (Lipinski definition) is 7. The summed E-state index contributed by atoms with van der Waals surface area (Å²) in [6.07, 6.45) is 0. The first-order valence-electron chi connectivity index (χ1n) is 7.73. The molecule has 11 heteroatoms. The van der Waals surface area contributed by atoms with Gasteiger partial charge in [-0.1, -0.05) is 6.07 Å². The zero-order chi connectivity index (χ0) is 20.5. The molecule has 0 aliphatic heterocycles. The molecule has 0 aliphatic carbocycles. The highest BCUT2D eigenvalue weighted by molar-refractivity contribution is 7.93. The number of aryl methyl sites for hydroxylation is 1. The Balaban J connectivity index is 2.77. The number of nitrogens with zero attached hydrogens (tertiary/aromatic N) is 3. The number of rotatable bonds is 6. The summed E-state index contributed by atoms with van der Waals surface area (Å²) in [4.78, 5) is 20.5. The summed E-state index contributed by atoms with van der Waals surface area (Å²) in [5.74, 6) is -0.277. The van der Waals surface area contributed by atoms with Gasteiger partial charge in [0.05, 0.1) is 20.8 Å². The van der Waals surface area contributed by atoms with E-state index in [0.717, 1.165) is 28.6 Å². The highest BCUT2D eigenvalue weighted by Gasteiger charge is 2.34. The van der Waals surface area contributed by atoms with Gasteiger partial charge in [0.15, 0.2) is 0 Å². The Morgan fingerprint density at radius 3 is 2.19 bits per heavy atom. The summed E-state index contributed by atoms with van der Waals surface area (Å²) >= 11 is 0. The van der Waals surface area contributed by atoms with Crippen LogP contribution in [0.3, 0.4) is 0 Å². The second kappa shape index (κ2) is 7.19. The Morgan fingerprint density at radius 2 is 1.67 bits per heavy atom. The van der Waals surface area contributed by atoms with Crippen LogP contribution in [0, 0.1) is 27.2 Å². The molecule has 2 aromatic rings. The van der Waals surface area contributed by atoms with Crippen LogP contribution in [0.25, 0.3) is 0 Å². The Hall–Kier alpha value is -3.21. The smallest absolute Gasteiger partial charge is 0.300 e. The minimum Gasteiger partial charge on any atom is -0.508 e. The average Bonchev–Trinajstić information content (AvgIpc) is 2.56. The number of sulfonamides is 1. The van der Waals surface area contributed by atoms with Gasteiger partial charge in [-0.05, 0) is 38.5 Å². The molecule has 2 aromatic carbocycles. The SMILES string of the molecule is Cc1ccc(O)cc1S(=O)(=O)N(c1ccc([N+](=O)[O-])cc1[N+](=O)[O-])C(C)C. The number of benzene rings is 2. The van der Waals surface area contributed by atoms with Crippen LogP contribution in [0.4, 0.5) is 17.1 Å². The van der Waals surface area contributed by atoms with Gasteiger partial charge in [-0.2, -0.15) is 0 Å². The van der Waals surface area contributed by atoms with Crippen molar-refractivity contribution in [1.29, 1.82) is 0 Å². The molecular weight excluding hydrogens is 378 g/mol. The number of phenolic OH excluding ortho intramolecular Hbond substituents is 1. The zero-order valence-electron chi connectivity index (χ0n) is 14.7. The number of hydrogen-bond donors (Lipinski definition) is 1. The number of non-ortho nitro benzene ring substituents is 1. The lowest BCUT2D eigenvalue weighted by Gasteiger charge is -2.28. The van der Waals surface area contributed by atoms with Gasteiger partial charge in [-0.15, -0.1) is 0 Å². The minimum atomic E-state index is -4.30. The van der Waals surface area contributed by atoms with E-state index < -0.39 is 37.3 Å². The molecule has 10 nitrogen and oxygen atoms in total. The molecule has 0 heterocycles. The summed E-state index contributed by atoms with van der Waals surface area (Å²) in [5.41, 5.74) is -1.20. The number of nitro benzene ring substituents is 2. The standard InChI is InChI=1S/C16H17N3O7S/c1-10(2)17(27(25,26)16-9-13(20)6-4-11(16)3)14-7-5-12(18(21)22)8-15(14)19(23)24/h4-10,20H,1-3H3. The largest absolute Gasteiger partial charge is 0.508 e. The molecule has 0 fully saturated rings. The van der Waals surface area contributed by atoms with Crippen LogP contribution in [-0.4, -0.2) is 29.4 Å². The van der Waals surface area contributed by atoms with E-state index in [2.05, 4.69) is 0 Å². The number of phenols is 1. The van der Waals surface area contributed by atoms with E-state index in [1.165, 1.54) is 32.9 Å². The fourth-order valence-electron chi connectivity index (χ4n) is 2.62. The lowest BCUT2D eigenvalue weighted by molar-refractivity contribution is -0.393. The van der Waals surface area contributed by atoms with Gasteiger partial charge in [0.1, 0.15) is 11.4 Å². The molecule has 0 atom stereocenters. The van der Waals surface area contributed by atoms with E-state index in [-0.39, 0.29) is 16.3 Å².